The zero-order valence-electron chi connectivity index (χ0n) is 21.3. The van der Waals surface area contributed by atoms with Gasteiger partial charge in [0.05, 0.1) is 31.4 Å². The summed E-state index contributed by atoms with van der Waals surface area (Å²) in [6.45, 7) is 5.12. The summed E-state index contributed by atoms with van der Waals surface area (Å²) in [4.78, 5) is 39.6. The Balaban J connectivity index is 1.93. The molecule has 2 amide bonds. The molecule has 0 saturated carbocycles. The zero-order chi connectivity index (χ0) is 26.9. The number of benzene rings is 3. The van der Waals surface area contributed by atoms with Crippen LogP contribution in [0.25, 0.3) is 5.76 Å². The summed E-state index contributed by atoms with van der Waals surface area (Å²) in [5.74, 6) is -1.11. The van der Waals surface area contributed by atoms with Crippen LogP contribution in [0.15, 0.2) is 66.2 Å². The van der Waals surface area contributed by atoms with Crippen molar-refractivity contribution in [2.45, 2.75) is 26.8 Å². The third kappa shape index (κ3) is 4.78. The lowest BCUT2D eigenvalue weighted by molar-refractivity contribution is -0.132. The van der Waals surface area contributed by atoms with E-state index in [0.29, 0.717) is 34.0 Å². The van der Waals surface area contributed by atoms with E-state index in [1.807, 2.05) is 19.9 Å². The number of Topliss-reactive ketones (excluding diaryl/α,β-unsaturated/α-hetero) is 1. The summed E-state index contributed by atoms with van der Waals surface area (Å²) in [5.41, 5.74) is 3.52. The van der Waals surface area contributed by atoms with Crippen LogP contribution >= 0.6 is 0 Å². The predicted molar refractivity (Wildman–Crippen MR) is 141 cm³/mol. The van der Waals surface area contributed by atoms with Crippen molar-refractivity contribution in [2.24, 2.45) is 0 Å². The molecule has 0 aliphatic carbocycles. The number of carbonyl (C=O) groups excluding carboxylic acids is 3. The summed E-state index contributed by atoms with van der Waals surface area (Å²) in [5, 5.41) is 14.2. The van der Waals surface area contributed by atoms with Gasteiger partial charge in [0, 0.05) is 18.3 Å². The van der Waals surface area contributed by atoms with E-state index >= 15 is 0 Å². The molecule has 1 heterocycles. The minimum Gasteiger partial charge on any atom is -0.507 e. The monoisotopic (exact) mass is 500 g/mol. The highest BCUT2D eigenvalue weighted by Gasteiger charge is 2.47. The van der Waals surface area contributed by atoms with Crippen molar-refractivity contribution in [1.82, 2.24) is 0 Å². The van der Waals surface area contributed by atoms with Crippen LogP contribution in [0.2, 0.25) is 0 Å². The molecule has 0 aromatic heterocycles. The van der Waals surface area contributed by atoms with E-state index in [9.17, 15) is 19.5 Å². The van der Waals surface area contributed by atoms with Crippen molar-refractivity contribution in [1.29, 1.82) is 0 Å². The number of hydrogen-bond acceptors (Lipinski definition) is 6. The predicted octanol–water partition coefficient (Wildman–Crippen LogP) is 4.91. The molecule has 0 radical (unpaired) electrons. The SMILES string of the molecule is COc1ccc(C2/C(=C(\O)c3cc(C)cc(C)c3OC)C(=O)C(=O)N2c2ccc(NC(C)=O)cc2)cc1. The lowest BCUT2D eigenvalue weighted by Gasteiger charge is -2.26. The van der Waals surface area contributed by atoms with Gasteiger partial charge in [0.2, 0.25) is 5.91 Å². The first-order chi connectivity index (χ1) is 17.7. The van der Waals surface area contributed by atoms with Crippen molar-refractivity contribution in [3.8, 4) is 11.5 Å². The molecule has 3 aromatic rings. The number of amides is 2. The van der Waals surface area contributed by atoms with Crippen LogP contribution in [0.5, 0.6) is 11.5 Å². The smallest absolute Gasteiger partial charge is 0.300 e. The molecule has 190 valence electrons. The van der Waals surface area contributed by atoms with Gasteiger partial charge < -0.3 is 19.9 Å². The van der Waals surface area contributed by atoms with Crippen molar-refractivity contribution in [2.75, 3.05) is 24.4 Å². The van der Waals surface area contributed by atoms with Gasteiger partial charge in [-0.1, -0.05) is 18.2 Å². The number of rotatable bonds is 6. The Hall–Kier alpha value is -4.59. The highest BCUT2D eigenvalue weighted by Crippen LogP contribution is 2.44. The standard InChI is InChI=1S/C29H28N2O6/c1-16-14-17(2)28(37-5)23(15-16)26(33)24-25(19-6-12-22(36-4)13-7-19)31(29(35)27(24)34)21-10-8-20(9-11-21)30-18(3)32/h6-15,25,33H,1-5H3,(H,30,32)/b26-24+. The molecule has 1 aliphatic rings. The maximum atomic E-state index is 13.5. The molecule has 1 saturated heterocycles. The molecule has 1 fully saturated rings. The third-order valence-electron chi connectivity index (χ3n) is 6.22. The number of hydrogen-bond donors (Lipinski definition) is 2. The van der Waals surface area contributed by atoms with Gasteiger partial charge >= 0.3 is 0 Å². The number of nitrogens with zero attached hydrogens (tertiary/aromatic N) is 1. The van der Waals surface area contributed by atoms with Crippen molar-refractivity contribution >= 4 is 34.7 Å². The molecule has 8 nitrogen and oxygen atoms in total. The van der Waals surface area contributed by atoms with Crippen LogP contribution in [-0.4, -0.2) is 36.9 Å². The molecule has 4 rings (SSSR count). The quantitative estimate of drug-likeness (QED) is 0.283. The Kier molecular flexibility index (Phi) is 7.02. The number of aryl methyl sites for hydroxylation is 2. The normalized spacial score (nSPS) is 16.6. The third-order valence-corrected chi connectivity index (χ3v) is 6.22. The first-order valence-electron chi connectivity index (χ1n) is 11.6. The summed E-state index contributed by atoms with van der Waals surface area (Å²) in [7, 11) is 3.04. The summed E-state index contributed by atoms with van der Waals surface area (Å²) < 4.78 is 10.8. The van der Waals surface area contributed by atoms with Gasteiger partial charge in [0.15, 0.2) is 0 Å². The minimum absolute atomic E-state index is 0.0515. The van der Waals surface area contributed by atoms with Crippen LogP contribution in [0.4, 0.5) is 11.4 Å². The van der Waals surface area contributed by atoms with Crippen LogP contribution in [-0.2, 0) is 14.4 Å². The lowest BCUT2D eigenvalue weighted by Crippen LogP contribution is -2.29. The van der Waals surface area contributed by atoms with Gasteiger partial charge in [-0.05, 0) is 73.0 Å². The highest BCUT2D eigenvalue weighted by molar-refractivity contribution is 6.51. The van der Waals surface area contributed by atoms with Crippen molar-refractivity contribution in [3.63, 3.8) is 0 Å². The van der Waals surface area contributed by atoms with E-state index in [4.69, 9.17) is 9.47 Å². The second kappa shape index (κ2) is 10.2. The Labute approximate surface area is 215 Å². The number of carbonyl (C=O) groups is 3. The number of nitrogens with one attached hydrogen (secondary N) is 1. The Morgan fingerprint density at radius 3 is 2.16 bits per heavy atom. The fourth-order valence-electron chi connectivity index (χ4n) is 4.66. The van der Waals surface area contributed by atoms with E-state index in [-0.39, 0.29) is 17.2 Å². The largest absolute Gasteiger partial charge is 0.507 e. The Bertz CT molecular complexity index is 1410. The molecule has 37 heavy (non-hydrogen) atoms. The van der Waals surface area contributed by atoms with Gasteiger partial charge in [-0.25, -0.2) is 0 Å². The van der Waals surface area contributed by atoms with Gasteiger partial charge in [-0.15, -0.1) is 0 Å². The van der Waals surface area contributed by atoms with E-state index in [0.717, 1.165) is 11.1 Å². The van der Waals surface area contributed by atoms with Crippen LogP contribution in [0.3, 0.4) is 0 Å². The number of anilines is 2. The zero-order valence-corrected chi connectivity index (χ0v) is 21.3. The van der Waals surface area contributed by atoms with Crippen molar-refractivity contribution in [3.05, 3.63) is 88.5 Å². The number of methoxy groups -OCH3 is 2. The van der Waals surface area contributed by atoms with Gasteiger partial charge in [0.25, 0.3) is 11.7 Å². The molecular weight excluding hydrogens is 472 g/mol. The summed E-state index contributed by atoms with van der Waals surface area (Å²) >= 11 is 0. The molecule has 0 spiro atoms. The molecule has 8 heteroatoms. The fraction of sp³-hybridized carbons (Fsp3) is 0.207. The van der Waals surface area contributed by atoms with Crippen LogP contribution < -0.4 is 19.7 Å². The Morgan fingerprint density at radius 2 is 1.59 bits per heavy atom. The topological polar surface area (TPSA) is 105 Å². The van der Waals surface area contributed by atoms with E-state index < -0.39 is 17.7 Å². The van der Waals surface area contributed by atoms with Crippen LogP contribution in [0, 0.1) is 13.8 Å². The van der Waals surface area contributed by atoms with E-state index in [1.165, 1.54) is 18.9 Å². The molecule has 1 aliphatic heterocycles. The van der Waals surface area contributed by atoms with E-state index in [1.54, 1.807) is 61.7 Å². The molecule has 1 unspecified atom stereocenters. The number of ether oxygens (including phenoxy) is 2. The van der Waals surface area contributed by atoms with Gasteiger partial charge in [-0.3, -0.25) is 19.3 Å². The first-order valence-corrected chi connectivity index (χ1v) is 11.6. The maximum absolute atomic E-state index is 13.5. The first kappa shape index (κ1) is 25.5. The molecule has 2 N–H and O–H groups in total. The van der Waals surface area contributed by atoms with Gasteiger partial charge in [-0.2, -0.15) is 0 Å². The lowest BCUT2D eigenvalue weighted by atomic mass is 9.93. The number of aliphatic hydroxyl groups is 1. The molecule has 0 bridgehead atoms. The van der Waals surface area contributed by atoms with Gasteiger partial charge in [0.1, 0.15) is 17.3 Å². The van der Waals surface area contributed by atoms with Crippen LogP contribution in [0.1, 0.15) is 35.2 Å². The summed E-state index contributed by atoms with van der Waals surface area (Å²) in [6.07, 6.45) is 0. The highest BCUT2D eigenvalue weighted by atomic mass is 16.5. The molecule has 1 atom stereocenters. The average Bonchev–Trinajstić information content (AvgIpc) is 3.13. The fourth-order valence-corrected chi connectivity index (χ4v) is 4.66. The number of aliphatic hydroxyl groups excluding tert-OH is 1. The second-order valence-electron chi connectivity index (χ2n) is 8.83. The average molecular weight is 501 g/mol. The molecular formula is C29H28N2O6. The second-order valence-corrected chi connectivity index (χ2v) is 8.83. The van der Waals surface area contributed by atoms with E-state index in [2.05, 4.69) is 5.32 Å². The maximum Gasteiger partial charge on any atom is 0.300 e. The molecule has 3 aromatic carbocycles. The number of ketones is 1. The van der Waals surface area contributed by atoms with Crippen molar-refractivity contribution < 1.29 is 29.0 Å². The Morgan fingerprint density at radius 1 is 0.946 bits per heavy atom. The summed E-state index contributed by atoms with van der Waals surface area (Å²) in [6, 6.07) is 16.3. The minimum atomic E-state index is -0.914.